The van der Waals surface area contributed by atoms with Gasteiger partial charge >= 0.3 is 5.69 Å². The molecule has 0 spiro atoms. The summed E-state index contributed by atoms with van der Waals surface area (Å²) in [5.41, 5.74) is 1.07. The van der Waals surface area contributed by atoms with Crippen molar-refractivity contribution < 1.29 is 4.79 Å². The van der Waals surface area contributed by atoms with Gasteiger partial charge in [-0.15, -0.1) is 11.3 Å². The maximum Gasteiger partial charge on any atom is 0.332 e. The van der Waals surface area contributed by atoms with Gasteiger partial charge in [0.15, 0.2) is 16.3 Å². The molecular formula is C19H17BrN6O3S. The highest BCUT2D eigenvalue weighted by Gasteiger charge is 2.18. The summed E-state index contributed by atoms with van der Waals surface area (Å²) in [6.45, 7) is 1.50. The van der Waals surface area contributed by atoms with E-state index >= 15 is 0 Å². The minimum Gasteiger partial charge on any atom is -0.328 e. The van der Waals surface area contributed by atoms with E-state index in [1.165, 1.54) is 33.8 Å². The van der Waals surface area contributed by atoms with Crippen molar-refractivity contribution in [2.45, 2.75) is 13.5 Å². The number of aryl methyl sites for hydroxylation is 3. The van der Waals surface area contributed by atoms with Crippen LogP contribution in [-0.4, -0.2) is 29.6 Å². The number of carbonyl (C=O) groups excluding carboxylic acids is 1. The molecule has 0 saturated heterocycles. The summed E-state index contributed by atoms with van der Waals surface area (Å²) in [6, 6.07) is 7.71. The summed E-state index contributed by atoms with van der Waals surface area (Å²) in [5.74, 6) is -0.508. The molecule has 3 heterocycles. The van der Waals surface area contributed by atoms with Crippen LogP contribution in [0.3, 0.4) is 0 Å². The molecule has 30 heavy (non-hydrogen) atoms. The summed E-state index contributed by atoms with van der Waals surface area (Å²) >= 11 is 4.73. The van der Waals surface area contributed by atoms with Gasteiger partial charge in [0.2, 0.25) is 5.91 Å². The van der Waals surface area contributed by atoms with E-state index in [1.807, 2.05) is 31.2 Å². The molecule has 0 saturated carbocycles. The van der Waals surface area contributed by atoms with Crippen molar-refractivity contribution in [2.75, 3.05) is 5.32 Å². The lowest BCUT2D eigenvalue weighted by Crippen LogP contribution is -2.42. The number of rotatable bonds is 4. The molecule has 3 aromatic heterocycles. The third kappa shape index (κ3) is 3.50. The predicted molar refractivity (Wildman–Crippen MR) is 119 cm³/mol. The SMILES string of the molecule is Cc1sc(NC(=O)Cn2c(=O)c3c(ncn3C)n(C)c2=O)nc1-c1ccc(Br)cc1. The van der Waals surface area contributed by atoms with Crippen LogP contribution in [0.25, 0.3) is 22.4 Å². The molecular weight excluding hydrogens is 472 g/mol. The number of thiazole rings is 1. The van der Waals surface area contributed by atoms with Gasteiger partial charge in [0.25, 0.3) is 5.56 Å². The van der Waals surface area contributed by atoms with Crippen molar-refractivity contribution in [3.8, 4) is 11.3 Å². The van der Waals surface area contributed by atoms with Crippen LogP contribution in [0, 0.1) is 6.92 Å². The van der Waals surface area contributed by atoms with Crippen LogP contribution < -0.4 is 16.6 Å². The fourth-order valence-electron chi connectivity index (χ4n) is 3.16. The number of carbonyl (C=O) groups is 1. The van der Waals surface area contributed by atoms with E-state index in [0.29, 0.717) is 5.13 Å². The number of halogens is 1. The van der Waals surface area contributed by atoms with Gasteiger partial charge in [-0.2, -0.15) is 0 Å². The van der Waals surface area contributed by atoms with Gasteiger partial charge in [-0.25, -0.2) is 19.3 Å². The zero-order valence-electron chi connectivity index (χ0n) is 16.3. The molecule has 0 aliphatic rings. The molecule has 1 amide bonds. The second kappa shape index (κ2) is 7.65. The highest BCUT2D eigenvalue weighted by Crippen LogP contribution is 2.31. The summed E-state index contributed by atoms with van der Waals surface area (Å²) in [7, 11) is 3.17. The average Bonchev–Trinajstić information content (AvgIpc) is 3.27. The van der Waals surface area contributed by atoms with Gasteiger partial charge in [-0.3, -0.25) is 14.2 Å². The van der Waals surface area contributed by atoms with Gasteiger partial charge in [0, 0.05) is 29.0 Å². The van der Waals surface area contributed by atoms with Gasteiger partial charge in [0.05, 0.1) is 12.0 Å². The normalized spacial score (nSPS) is 11.2. The molecule has 9 nitrogen and oxygen atoms in total. The molecule has 0 fully saturated rings. The number of nitrogens with zero attached hydrogens (tertiary/aromatic N) is 5. The first-order chi connectivity index (χ1) is 14.3. The lowest BCUT2D eigenvalue weighted by Gasteiger charge is -2.08. The fraction of sp³-hybridized carbons (Fsp3) is 0.211. The molecule has 0 aliphatic carbocycles. The van der Waals surface area contributed by atoms with E-state index in [4.69, 9.17) is 0 Å². The van der Waals surface area contributed by atoms with Gasteiger partial charge in [-0.05, 0) is 19.1 Å². The maximum absolute atomic E-state index is 12.7. The van der Waals surface area contributed by atoms with Crippen LogP contribution >= 0.6 is 27.3 Å². The first kappa shape index (κ1) is 20.2. The zero-order valence-corrected chi connectivity index (χ0v) is 18.7. The molecule has 4 aromatic rings. The number of hydrogen-bond acceptors (Lipinski definition) is 6. The molecule has 1 N–H and O–H groups in total. The van der Waals surface area contributed by atoms with Gasteiger partial charge < -0.3 is 9.88 Å². The molecule has 0 bridgehead atoms. The van der Waals surface area contributed by atoms with E-state index in [9.17, 15) is 14.4 Å². The Morgan fingerprint density at radius 2 is 1.90 bits per heavy atom. The summed E-state index contributed by atoms with van der Waals surface area (Å²) in [4.78, 5) is 47.4. The molecule has 0 atom stereocenters. The first-order valence-electron chi connectivity index (χ1n) is 8.90. The Hall–Kier alpha value is -3.05. The molecule has 1 aromatic carbocycles. The second-order valence-electron chi connectivity index (χ2n) is 6.74. The molecule has 0 radical (unpaired) electrons. The standard InChI is InChI=1S/C19H17BrN6O3S/c1-10-14(11-4-6-12(20)7-5-11)23-18(30-10)22-13(27)8-26-17(28)15-16(21-9-24(15)2)25(3)19(26)29/h4-7,9H,8H2,1-3H3,(H,22,23,27). The largest absolute Gasteiger partial charge is 0.332 e. The lowest BCUT2D eigenvalue weighted by molar-refractivity contribution is -0.116. The van der Waals surface area contributed by atoms with Crippen molar-refractivity contribution in [3.05, 3.63) is 60.8 Å². The van der Waals surface area contributed by atoms with E-state index in [2.05, 4.69) is 31.2 Å². The number of fused-ring (bicyclic) bond motifs is 1. The summed E-state index contributed by atoms with van der Waals surface area (Å²) in [6.07, 6.45) is 1.46. The van der Waals surface area contributed by atoms with Crippen LogP contribution in [-0.2, 0) is 25.4 Å². The maximum atomic E-state index is 12.7. The minimum absolute atomic E-state index is 0.257. The van der Waals surface area contributed by atoms with E-state index in [-0.39, 0.29) is 11.2 Å². The molecule has 0 unspecified atom stereocenters. The fourth-order valence-corrected chi connectivity index (χ4v) is 4.28. The van der Waals surface area contributed by atoms with Crippen molar-refractivity contribution in [3.63, 3.8) is 0 Å². The topological polar surface area (TPSA) is 104 Å². The lowest BCUT2D eigenvalue weighted by atomic mass is 10.1. The highest BCUT2D eigenvalue weighted by molar-refractivity contribution is 9.10. The van der Waals surface area contributed by atoms with Crippen LogP contribution in [0.5, 0.6) is 0 Å². The van der Waals surface area contributed by atoms with Crippen molar-refractivity contribution in [1.29, 1.82) is 0 Å². The zero-order chi connectivity index (χ0) is 21.6. The third-order valence-corrected chi connectivity index (χ3v) is 6.08. The van der Waals surface area contributed by atoms with E-state index in [0.717, 1.165) is 25.2 Å². The minimum atomic E-state index is -0.604. The number of anilines is 1. The van der Waals surface area contributed by atoms with Crippen LogP contribution in [0.15, 0.2) is 44.7 Å². The van der Waals surface area contributed by atoms with Crippen molar-refractivity contribution in [1.82, 2.24) is 23.7 Å². The third-order valence-electron chi connectivity index (χ3n) is 4.66. The van der Waals surface area contributed by atoms with Crippen molar-refractivity contribution >= 4 is 49.5 Å². The average molecular weight is 489 g/mol. The Morgan fingerprint density at radius 1 is 1.20 bits per heavy atom. The Labute approximate surface area is 182 Å². The number of benzene rings is 1. The van der Waals surface area contributed by atoms with Gasteiger partial charge in [-0.1, -0.05) is 28.1 Å². The number of hydrogen-bond donors (Lipinski definition) is 1. The van der Waals surface area contributed by atoms with Crippen LogP contribution in [0.1, 0.15) is 4.88 Å². The number of imidazole rings is 1. The second-order valence-corrected chi connectivity index (χ2v) is 8.86. The van der Waals surface area contributed by atoms with Crippen molar-refractivity contribution in [2.24, 2.45) is 14.1 Å². The van der Waals surface area contributed by atoms with Crippen LogP contribution in [0.2, 0.25) is 0 Å². The molecule has 11 heteroatoms. The molecule has 4 rings (SSSR count). The first-order valence-corrected chi connectivity index (χ1v) is 10.5. The predicted octanol–water partition coefficient (Wildman–Crippen LogP) is 2.27. The highest BCUT2D eigenvalue weighted by atomic mass is 79.9. The number of amides is 1. The van der Waals surface area contributed by atoms with E-state index in [1.54, 1.807) is 7.05 Å². The molecule has 154 valence electrons. The van der Waals surface area contributed by atoms with Gasteiger partial charge in [0.1, 0.15) is 6.54 Å². The van der Waals surface area contributed by atoms with E-state index < -0.39 is 23.7 Å². The monoisotopic (exact) mass is 488 g/mol. The Bertz CT molecular complexity index is 1400. The Kier molecular flexibility index (Phi) is 5.16. The Balaban J connectivity index is 1.61. The van der Waals surface area contributed by atoms with Crippen LogP contribution in [0.4, 0.5) is 5.13 Å². The molecule has 0 aliphatic heterocycles. The quantitative estimate of drug-likeness (QED) is 0.474. The smallest absolute Gasteiger partial charge is 0.328 e. The number of aromatic nitrogens is 5. The Morgan fingerprint density at radius 3 is 2.60 bits per heavy atom. The number of nitrogens with one attached hydrogen (secondary N) is 1. The summed E-state index contributed by atoms with van der Waals surface area (Å²) in [5, 5.41) is 3.10. The summed E-state index contributed by atoms with van der Waals surface area (Å²) < 4.78 is 4.64.